The molecule has 0 bridgehead atoms. The van der Waals surface area contributed by atoms with Gasteiger partial charge in [-0.1, -0.05) is 92.7 Å². The quantitative estimate of drug-likeness (QED) is 0.0139. The second-order valence-electron chi connectivity index (χ2n) is 28.5. The Hall–Kier alpha value is -10.5. The number of para-hydroxylation sites is 1. The summed E-state index contributed by atoms with van der Waals surface area (Å²) in [5.41, 5.74) is 41.5. The molecule has 1 aromatic heterocycles. The first-order valence-electron chi connectivity index (χ1n) is 36.8. The zero-order valence-corrected chi connectivity index (χ0v) is 60.5. The van der Waals surface area contributed by atoms with Gasteiger partial charge in [-0.3, -0.25) is 67.3 Å². The van der Waals surface area contributed by atoms with Crippen LogP contribution in [0.15, 0.2) is 96.1 Å². The van der Waals surface area contributed by atoms with E-state index >= 15 is 14.4 Å². The van der Waals surface area contributed by atoms with Crippen LogP contribution in [0.4, 0.5) is 0 Å². The molecule has 11 atom stereocenters. The summed E-state index contributed by atoms with van der Waals surface area (Å²) in [4.78, 5) is 198. The molecule has 32 nitrogen and oxygen atoms in total. The Bertz CT molecular complexity index is 3820. The van der Waals surface area contributed by atoms with Gasteiger partial charge < -0.3 is 96.6 Å². The number of benzene rings is 3. The lowest BCUT2D eigenvalue weighted by atomic mass is 9.92. The van der Waals surface area contributed by atoms with E-state index in [0.29, 0.717) is 56.1 Å². The third-order valence-electron chi connectivity index (χ3n) is 20.3. The molecule has 0 saturated carbocycles. The third kappa shape index (κ3) is 21.6. The Balaban J connectivity index is 0.990. The van der Waals surface area contributed by atoms with E-state index in [2.05, 4.69) is 41.9 Å². The van der Waals surface area contributed by atoms with Crippen molar-refractivity contribution in [2.24, 2.45) is 51.0 Å². The van der Waals surface area contributed by atoms with E-state index in [9.17, 15) is 47.9 Å². The van der Waals surface area contributed by atoms with Gasteiger partial charge in [-0.15, -0.1) is 0 Å². The van der Waals surface area contributed by atoms with Crippen LogP contribution in [-0.2, 0) is 81.6 Å². The minimum atomic E-state index is -1.65. The maximum absolute atomic E-state index is 15.6. The summed E-state index contributed by atoms with van der Waals surface area (Å²) in [5.74, 6) is -9.69. The van der Waals surface area contributed by atoms with E-state index in [1.54, 1.807) is 66.9 Å². The number of amides is 13. The van der Waals surface area contributed by atoms with Crippen LogP contribution in [0.1, 0.15) is 140 Å². The van der Waals surface area contributed by atoms with Crippen LogP contribution >= 0.6 is 0 Å². The van der Waals surface area contributed by atoms with Crippen molar-refractivity contribution in [3.05, 3.63) is 108 Å². The number of hydrogen-bond acceptors (Lipinski definition) is 16. The first-order chi connectivity index (χ1) is 50.7. The van der Waals surface area contributed by atoms with Crippen LogP contribution < -0.4 is 72.0 Å². The van der Waals surface area contributed by atoms with Gasteiger partial charge in [0.2, 0.25) is 76.8 Å². The molecule has 4 aliphatic heterocycles. The number of fused-ring (bicyclic) bond motifs is 1. The molecule has 1 spiro atoms. The summed E-state index contributed by atoms with van der Waals surface area (Å²) in [5, 5.41) is 17.4. The summed E-state index contributed by atoms with van der Waals surface area (Å²) >= 11 is 0. The zero-order chi connectivity index (χ0) is 76.8. The molecule has 106 heavy (non-hydrogen) atoms. The lowest BCUT2D eigenvalue weighted by molar-refractivity contribution is -0.151. The number of unbranched alkanes of at least 4 members (excludes halogenated alkanes) is 1. The molecule has 21 N–H and O–H groups in total. The molecule has 0 unspecified atom stereocenters. The van der Waals surface area contributed by atoms with E-state index < -0.39 is 168 Å². The number of aliphatic imine (C=N–C) groups is 1. The second kappa shape index (κ2) is 38.5. The van der Waals surface area contributed by atoms with Crippen molar-refractivity contribution in [2.45, 2.75) is 208 Å². The number of guanidine groups is 1. The van der Waals surface area contributed by atoms with Crippen LogP contribution in [0.2, 0.25) is 0 Å². The van der Waals surface area contributed by atoms with E-state index in [-0.39, 0.29) is 109 Å². The van der Waals surface area contributed by atoms with Gasteiger partial charge in [-0.05, 0) is 132 Å². The van der Waals surface area contributed by atoms with Crippen molar-refractivity contribution in [3.63, 3.8) is 0 Å². The van der Waals surface area contributed by atoms with Crippen molar-refractivity contribution in [3.8, 4) is 0 Å². The number of carbonyl (C=O) groups excluding carboxylic acids is 13. The number of rotatable bonds is 39. The zero-order valence-electron chi connectivity index (χ0n) is 60.5. The number of nitrogens with zero attached hydrogens (tertiary/aromatic N) is 5. The average molecular weight is 1470 g/mol. The van der Waals surface area contributed by atoms with E-state index in [1.165, 1.54) is 19.6 Å². The number of aromatic nitrogens is 1. The van der Waals surface area contributed by atoms with Gasteiger partial charge >= 0.3 is 0 Å². The number of nitrogens with one attached hydrogen (secondary N) is 7. The molecule has 574 valence electrons. The van der Waals surface area contributed by atoms with Gasteiger partial charge in [0.1, 0.15) is 59.9 Å². The lowest BCUT2D eigenvalue weighted by Gasteiger charge is -2.37. The molecule has 4 aromatic rings. The van der Waals surface area contributed by atoms with Gasteiger partial charge in [0.15, 0.2) is 5.96 Å². The smallest absolute Gasteiger partial charge is 0.249 e. The third-order valence-corrected chi connectivity index (χ3v) is 20.3. The summed E-state index contributed by atoms with van der Waals surface area (Å²) < 4.78 is 0. The van der Waals surface area contributed by atoms with Crippen molar-refractivity contribution in [1.29, 1.82) is 0 Å². The number of hydrogen-bond donors (Lipinski definition) is 14. The Morgan fingerprint density at radius 3 is 1.67 bits per heavy atom. The molecule has 4 saturated heterocycles. The fourth-order valence-corrected chi connectivity index (χ4v) is 14.8. The Morgan fingerprint density at radius 1 is 0.547 bits per heavy atom. The van der Waals surface area contributed by atoms with Crippen LogP contribution in [-0.4, -0.2) is 213 Å². The van der Waals surface area contributed by atoms with Gasteiger partial charge in [0, 0.05) is 81.9 Å². The van der Waals surface area contributed by atoms with Crippen molar-refractivity contribution in [1.82, 2.24) is 56.5 Å². The summed E-state index contributed by atoms with van der Waals surface area (Å²) in [6.07, 6.45) is 3.74. The molecule has 4 fully saturated rings. The molecule has 13 amide bonds. The predicted octanol–water partition coefficient (Wildman–Crippen LogP) is -1.38. The number of nitrogens with two attached hydrogens (primary N) is 7. The molecule has 8 rings (SSSR count). The first-order valence-corrected chi connectivity index (χ1v) is 36.8. The minimum Gasteiger partial charge on any atom is -0.370 e. The minimum absolute atomic E-state index is 0.0734. The number of H-pyrrole nitrogens is 1. The monoisotopic (exact) mass is 1470 g/mol. The highest BCUT2D eigenvalue weighted by Crippen LogP contribution is 2.41. The highest BCUT2D eigenvalue weighted by molar-refractivity contribution is 6.02. The molecule has 5 heterocycles. The van der Waals surface area contributed by atoms with Crippen molar-refractivity contribution < 1.29 is 62.3 Å². The molecule has 0 aliphatic carbocycles. The summed E-state index contributed by atoms with van der Waals surface area (Å²) in [7, 11) is 0. The van der Waals surface area contributed by atoms with Crippen LogP contribution in [0.25, 0.3) is 10.9 Å². The van der Waals surface area contributed by atoms with Crippen LogP contribution in [0.5, 0.6) is 0 Å². The average Bonchev–Trinajstić information content (AvgIpc) is 1.59. The Morgan fingerprint density at radius 2 is 1.08 bits per heavy atom. The van der Waals surface area contributed by atoms with Gasteiger partial charge in [0.25, 0.3) is 0 Å². The highest BCUT2D eigenvalue weighted by Gasteiger charge is 2.58. The van der Waals surface area contributed by atoms with Gasteiger partial charge in [-0.25, -0.2) is 0 Å². The number of likely N-dealkylation sites (tertiary alicyclic amines) is 4. The normalized spacial score (nSPS) is 19.3. The Kier molecular flexibility index (Phi) is 29.5. The topological polar surface area (TPSA) is 517 Å². The van der Waals surface area contributed by atoms with E-state index in [0.717, 1.165) is 16.5 Å². The molecule has 3 aromatic carbocycles. The van der Waals surface area contributed by atoms with E-state index in [4.69, 9.17) is 40.1 Å². The predicted molar refractivity (Wildman–Crippen MR) is 393 cm³/mol. The summed E-state index contributed by atoms with van der Waals surface area (Å²) in [6.45, 7) is 4.86. The number of carbonyl (C=O) groups is 13. The fourth-order valence-electron chi connectivity index (χ4n) is 14.8. The molecule has 32 heteroatoms. The van der Waals surface area contributed by atoms with Crippen molar-refractivity contribution in [2.75, 3.05) is 39.3 Å². The molecule has 4 aliphatic rings. The number of primary amides is 3. The van der Waals surface area contributed by atoms with Gasteiger partial charge in [-0.2, -0.15) is 0 Å². The largest absolute Gasteiger partial charge is 0.370 e. The SMILES string of the molecule is CC(C)C[C@@H](C(=O)N[C@@H](Cc1c[nH]c2ccccc12)C(N)=O)N1CC[C@@]2(CCCN2C(=O)[C@H](Cc2ccccc2)NC(=O)[C@H](Cc2ccccc2)NC(=O)[C@H](CCC(N)=O)NC(=O)[C@H](CCC(N)=O)NC(=O)[C@@H]2CCCN2C(=O)[C@H](CCCCN)NC(=O)[C@@H]2CCCN2C(=O)[C@@H](N)CCCN=C(N)N)C1=O. The van der Waals surface area contributed by atoms with Crippen LogP contribution in [0.3, 0.4) is 0 Å². The maximum atomic E-state index is 15.6. The molecular formula is C74H105N19O13. The standard InChI is InChI=1S/C74H105N19O13/c1-44(2)39-59(68(102)87-54(62(79)96)42-47-43-83-50-23-10-9-21-48(47)50)92-38-32-74(72(92)106)31-16-37-93(74)71(105)56(41-46-19-7-4-8-20-46)89-65(99)55(40-45-17-5-3-6-18-45)88-64(98)51(27-29-60(77)94)84-63(97)52(28-30-61(78)95)85-66(100)58-26-15-36-91(58)70(104)53(24-11-12-33-75)86-67(101)57-25-14-35-90(57)69(103)49(76)22-13-34-82-73(80)81/h3-10,17-21,23,43-44,49,51-59,83H,11-16,22,24-42,75-76H2,1-2H3,(H2,77,94)(H2,78,95)(H2,79,96)(H,84,97)(H,85,100)(H,86,101)(H,87,102)(H,88,98)(H,89,99)(H4,80,81,82)/t49-,51-,52-,53-,54-,55-,56-,57-,58-,59-,74-/m0/s1. The maximum Gasteiger partial charge on any atom is 0.249 e. The van der Waals surface area contributed by atoms with Gasteiger partial charge in [0.05, 0.1) is 6.04 Å². The number of aromatic amines is 1. The van der Waals surface area contributed by atoms with Crippen molar-refractivity contribution >= 4 is 93.7 Å². The Labute approximate surface area is 616 Å². The fraction of sp³-hybridized carbons (Fsp3) is 0.541. The lowest BCUT2D eigenvalue weighted by Crippen LogP contribution is -2.62. The molecular weight excluding hydrogens is 1360 g/mol. The highest BCUT2D eigenvalue weighted by atomic mass is 16.2. The summed E-state index contributed by atoms with van der Waals surface area (Å²) in [6, 6.07) is 12.3. The van der Waals surface area contributed by atoms with E-state index in [1.807, 2.05) is 38.1 Å². The first kappa shape index (κ1) is 81.2. The molecule has 0 radical (unpaired) electrons. The second-order valence-corrected chi connectivity index (χ2v) is 28.5. The van der Waals surface area contributed by atoms with Crippen LogP contribution in [0, 0.1) is 5.92 Å².